The van der Waals surface area contributed by atoms with Gasteiger partial charge in [-0.05, 0) is 30.7 Å². The van der Waals surface area contributed by atoms with Crippen LogP contribution in [0.3, 0.4) is 0 Å². The van der Waals surface area contributed by atoms with Crippen molar-refractivity contribution in [3.05, 3.63) is 30.1 Å². The maximum atomic E-state index is 12.8. The van der Waals surface area contributed by atoms with Crippen LogP contribution < -0.4 is 4.74 Å². The van der Waals surface area contributed by atoms with Gasteiger partial charge >= 0.3 is 0 Å². The quantitative estimate of drug-likeness (QED) is 0.856. The third kappa shape index (κ3) is 3.56. The van der Waals surface area contributed by atoms with Crippen LogP contribution in [0.1, 0.15) is 19.3 Å². The summed E-state index contributed by atoms with van der Waals surface area (Å²) in [5.41, 5.74) is 0. The average Bonchev–Trinajstić information content (AvgIpc) is 2.55. The van der Waals surface area contributed by atoms with Gasteiger partial charge in [-0.1, -0.05) is 0 Å². The van der Waals surface area contributed by atoms with Crippen LogP contribution in [-0.2, 0) is 14.3 Å². The Morgan fingerprint density at radius 3 is 2.45 bits per heavy atom. The van der Waals surface area contributed by atoms with E-state index in [0.29, 0.717) is 31.7 Å². The van der Waals surface area contributed by atoms with Gasteiger partial charge in [-0.2, -0.15) is 0 Å². The Balaban J connectivity index is 1.46. The van der Waals surface area contributed by atoms with Crippen molar-refractivity contribution >= 4 is 5.91 Å². The number of halogens is 1. The molecule has 1 aromatic carbocycles. The van der Waals surface area contributed by atoms with Crippen LogP contribution in [-0.4, -0.2) is 49.5 Å². The molecule has 0 aliphatic carbocycles. The Morgan fingerprint density at radius 1 is 1.18 bits per heavy atom. The molecule has 0 aromatic heterocycles. The second kappa shape index (κ2) is 6.62. The second-order valence-electron chi connectivity index (χ2n) is 5.58. The fourth-order valence-electron chi connectivity index (χ4n) is 2.77. The molecule has 6 heteroatoms. The normalized spacial score (nSPS) is 20.9. The van der Waals surface area contributed by atoms with Crippen molar-refractivity contribution in [1.82, 2.24) is 4.90 Å². The lowest BCUT2D eigenvalue weighted by atomic mass is 10.0. The first kappa shape index (κ1) is 15.2. The fourth-order valence-corrected chi connectivity index (χ4v) is 2.77. The van der Waals surface area contributed by atoms with Crippen LogP contribution in [0.25, 0.3) is 0 Å². The monoisotopic (exact) mass is 309 g/mol. The van der Waals surface area contributed by atoms with Crippen molar-refractivity contribution in [2.24, 2.45) is 0 Å². The number of carbonyl (C=O) groups excluding carboxylic acids is 1. The van der Waals surface area contributed by atoms with E-state index in [1.807, 2.05) is 0 Å². The van der Waals surface area contributed by atoms with Gasteiger partial charge in [0.25, 0.3) is 5.91 Å². The van der Waals surface area contributed by atoms with E-state index in [-0.39, 0.29) is 18.3 Å². The molecule has 5 nitrogen and oxygen atoms in total. The number of hydrogen-bond acceptors (Lipinski definition) is 4. The highest BCUT2D eigenvalue weighted by atomic mass is 19.1. The molecular formula is C16H20FNO4. The Hall–Kier alpha value is -1.66. The lowest BCUT2D eigenvalue weighted by Crippen LogP contribution is -2.52. The molecular weight excluding hydrogens is 289 g/mol. The van der Waals surface area contributed by atoms with Gasteiger partial charge in [0.05, 0.1) is 13.2 Å². The summed E-state index contributed by atoms with van der Waals surface area (Å²) in [5, 5.41) is 0. The first-order chi connectivity index (χ1) is 10.7. The van der Waals surface area contributed by atoms with E-state index >= 15 is 0 Å². The smallest absolute Gasteiger partial charge is 0.260 e. The molecule has 2 saturated heterocycles. The summed E-state index contributed by atoms with van der Waals surface area (Å²) in [4.78, 5) is 13.9. The van der Waals surface area contributed by atoms with E-state index < -0.39 is 5.79 Å². The van der Waals surface area contributed by atoms with Crippen LogP contribution in [0, 0.1) is 5.82 Å². The number of nitrogens with zero attached hydrogens (tertiary/aromatic N) is 1. The van der Waals surface area contributed by atoms with Crippen LogP contribution in [0.4, 0.5) is 4.39 Å². The molecule has 0 unspecified atom stereocenters. The molecule has 2 fully saturated rings. The lowest BCUT2D eigenvalue weighted by Gasteiger charge is -2.43. The summed E-state index contributed by atoms with van der Waals surface area (Å²) in [6.45, 7) is 2.61. The third-order valence-electron chi connectivity index (χ3n) is 4.07. The van der Waals surface area contributed by atoms with Gasteiger partial charge in [-0.3, -0.25) is 4.79 Å². The van der Waals surface area contributed by atoms with Crippen LogP contribution in [0.2, 0.25) is 0 Å². The average molecular weight is 309 g/mol. The molecule has 120 valence electrons. The van der Waals surface area contributed by atoms with Crippen LogP contribution >= 0.6 is 0 Å². The topological polar surface area (TPSA) is 48.0 Å². The zero-order valence-electron chi connectivity index (χ0n) is 12.4. The maximum Gasteiger partial charge on any atom is 0.260 e. The Labute approximate surface area is 128 Å². The van der Waals surface area contributed by atoms with E-state index in [1.54, 1.807) is 4.90 Å². The van der Waals surface area contributed by atoms with Crippen molar-refractivity contribution in [2.45, 2.75) is 25.0 Å². The van der Waals surface area contributed by atoms with Crippen molar-refractivity contribution in [3.63, 3.8) is 0 Å². The molecule has 0 saturated carbocycles. The zero-order chi connectivity index (χ0) is 15.4. The number of carbonyl (C=O) groups is 1. The molecule has 1 spiro atoms. The minimum atomic E-state index is -0.493. The van der Waals surface area contributed by atoms with E-state index in [2.05, 4.69) is 0 Å². The second-order valence-corrected chi connectivity index (χ2v) is 5.58. The SMILES string of the molecule is O=C(COc1ccc(F)cc1)N1CCC2(CC1)OCCCO2. The predicted octanol–water partition coefficient (Wildman–Crippen LogP) is 1.96. The summed E-state index contributed by atoms with van der Waals surface area (Å²) in [7, 11) is 0. The highest BCUT2D eigenvalue weighted by Crippen LogP contribution is 2.30. The first-order valence-electron chi connectivity index (χ1n) is 7.61. The Kier molecular flexibility index (Phi) is 4.59. The molecule has 2 heterocycles. The van der Waals surface area contributed by atoms with E-state index in [4.69, 9.17) is 14.2 Å². The molecule has 22 heavy (non-hydrogen) atoms. The molecule has 1 aromatic rings. The first-order valence-corrected chi connectivity index (χ1v) is 7.61. The lowest BCUT2D eigenvalue weighted by molar-refractivity contribution is -0.282. The number of ether oxygens (including phenoxy) is 3. The fraction of sp³-hybridized carbons (Fsp3) is 0.562. The largest absolute Gasteiger partial charge is 0.484 e. The Bertz CT molecular complexity index is 503. The van der Waals surface area contributed by atoms with E-state index in [0.717, 1.165) is 19.6 Å². The molecule has 0 N–H and O–H groups in total. The van der Waals surface area contributed by atoms with Crippen LogP contribution in [0.15, 0.2) is 24.3 Å². The van der Waals surface area contributed by atoms with Crippen molar-refractivity contribution in [2.75, 3.05) is 32.9 Å². The van der Waals surface area contributed by atoms with Crippen molar-refractivity contribution in [3.8, 4) is 5.75 Å². The van der Waals surface area contributed by atoms with Crippen molar-refractivity contribution < 1.29 is 23.4 Å². The standard InChI is InChI=1S/C16H20FNO4/c17-13-2-4-14(5-3-13)20-12-15(19)18-8-6-16(7-9-18)21-10-1-11-22-16/h2-5H,1,6-12H2. The van der Waals surface area contributed by atoms with E-state index in [1.165, 1.54) is 24.3 Å². The van der Waals surface area contributed by atoms with E-state index in [9.17, 15) is 9.18 Å². The molecule has 0 radical (unpaired) electrons. The maximum absolute atomic E-state index is 12.8. The molecule has 1 amide bonds. The number of hydrogen-bond donors (Lipinski definition) is 0. The number of benzene rings is 1. The summed E-state index contributed by atoms with van der Waals surface area (Å²) >= 11 is 0. The number of rotatable bonds is 3. The molecule has 0 atom stereocenters. The highest BCUT2D eigenvalue weighted by molar-refractivity contribution is 5.77. The number of piperidine rings is 1. The van der Waals surface area contributed by atoms with Gasteiger partial charge in [0, 0.05) is 25.9 Å². The zero-order valence-corrected chi connectivity index (χ0v) is 12.4. The third-order valence-corrected chi connectivity index (χ3v) is 4.07. The minimum absolute atomic E-state index is 0.0413. The van der Waals surface area contributed by atoms with Gasteiger partial charge in [0.1, 0.15) is 11.6 Å². The van der Waals surface area contributed by atoms with Crippen molar-refractivity contribution in [1.29, 1.82) is 0 Å². The van der Waals surface area contributed by atoms with Gasteiger partial charge in [-0.25, -0.2) is 4.39 Å². The summed E-state index contributed by atoms with van der Waals surface area (Å²) < 4.78 is 29.7. The minimum Gasteiger partial charge on any atom is -0.484 e. The summed E-state index contributed by atoms with van der Waals surface area (Å²) in [5.74, 6) is -0.406. The van der Waals surface area contributed by atoms with Gasteiger partial charge in [-0.15, -0.1) is 0 Å². The van der Waals surface area contributed by atoms with Gasteiger partial charge < -0.3 is 19.1 Å². The van der Waals surface area contributed by atoms with Gasteiger partial charge in [0.2, 0.25) is 0 Å². The summed E-state index contributed by atoms with van der Waals surface area (Å²) in [6, 6.07) is 5.64. The predicted molar refractivity (Wildman–Crippen MR) is 77.0 cm³/mol. The molecule has 0 bridgehead atoms. The molecule has 2 aliphatic heterocycles. The molecule has 2 aliphatic rings. The Morgan fingerprint density at radius 2 is 1.82 bits per heavy atom. The van der Waals surface area contributed by atoms with Gasteiger partial charge in [0.15, 0.2) is 12.4 Å². The number of likely N-dealkylation sites (tertiary alicyclic amines) is 1. The summed E-state index contributed by atoms with van der Waals surface area (Å²) in [6.07, 6.45) is 2.31. The van der Waals surface area contributed by atoms with Crippen LogP contribution in [0.5, 0.6) is 5.75 Å². The number of amides is 1. The molecule has 3 rings (SSSR count). The highest BCUT2D eigenvalue weighted by Gasteiger charge is 2.39.